The van der Waals surface area contributed by atoms with E-state index in [0.29, 0.717) is 22.6 Å². The number of rotatable bonds is 8. The van der Waals surface area contributed by atoms with Gasteiger partial charge in [-0.3, -0.25) is 9.59 Å². The number of carbonyl (C=O) groups excluding carboxylic acids is 1. The van der Waals surface area contributed by atoms with Crippen molar-refractivity contribution in [3.63, 3.8) is 0 Å². The molecular formula is C20H17ClFN3O5S. The summed E-state index contributed by atoms with van der Waals surface area (Å²) in [7, 11) is 1.52. The van der Waals surface area contributed by atoms with Crippen LogP contribution in [0, 0.1) is 5.82 Å². The van der Waals surface area contributed by atoms with Crippen molar-refractivity contribution in [3.05, 3.63) is 58.4 Å². The number of carboxylic acids is 1. The highest BCUT2D eigenvalue weighted by molar-refractivity contribution is 8.15. The molecule has 0 aliphatic carbocycles. The molecule has 1 amide bonds. The molecule has 0 saturated carbocycles. The lowest BCUT2D eigenvalue weighted by atomic mass is 10.1. The molecule has 0 spiro atoms. The molecule has 1 saturated heterocycles. The molecule has 2 N–H and O–H groups in total. The van der Waals surface area contributed by atoms with E-state index in [2.05, 4.69) is 15.5 Å². The smallest absolute Gasteiger partial charge is 0.305 e. The van der Waals surface area contributed by atoms with E-state index < -0.39 is 22.9 Å². The number of ether oxygens (including phenoxy) is 2. The first kappa shape index (κ1) is 22.6. The average Bonchev–Trinajstić information content (AvgIpc) is 3.06. The van der Waals surface area contributed by atoms with Crippen molar-refractivity contribution >= 4 is 46.6 Å². The molecule has 1 aliphatic heterocycles. The fourth-order valence-corrected chi connectivity index (χ4v) is 3.77. The van der Waals surface area contributed by atoms with Crippen LogP contribution in [0.2, 0.25) is 5.02 Å². The molecular weight excluding hydrogens is 449 g/mol. The molecule has 31 heavy (non-hydrogen) atoms. The van der Waals surface area contributed by atoms with Gasteiger partial charge in [0.15, 0.2) is 5.17 Å². The van der Waals surface area contributed by atoms with Gasteiger partial charge in [-0.2, -0.15) is 5.10 Å². The number of hydrogen-bond donors (Lipinski definition) is 2. The van der Waals surface area contributed by atoms with Crippen LogP contribution in [0.25, 0.3) is 0 Å². The lowest BCUT2D eigenvalue weighted by Gasteiger charge is -2.12. The predicted octanol–water partition coefficient (Wildman–Crippen LogP) is 3.46. The minimum atomic E-state index is -1.06. The van der Waals surface area contributed by atoms with Gasteiger partial charge >= 0.3 is 5.97 Å². The Labute approximate surface area is 186 Å². The van der Waals surface area contributed by atoms with Crippen LogP contribution >= 0.6 is 23.4 Å². The van der Waals surface area contributed by atoms with Gasteiger partial charge in [-0.15, -0.1) is 5.10 Å². The molecule has 1 heterocycles. The van der Waals surface area contributed by atoms with Gasteiger partial charge in [0, 0.05) is 5.56 Å². The number of methoxy groups -OCH3 is 1. The van der Waals surface area contributed by atoms with Gasteiger partial charge in [0.2, 0.25) is 5.91 Å². The highest BCUT2D eigenvalue weighted by Gasteiger charge is 2.32. The molecule has 2 aromatic carbocycles. The molecule has 162 valence electrons. The number of nitrogens with zero attached hydrogens (tertiary/aromatic N) is 2. The number of benzene rings is 2. The van der Waals surface area contributed by atoms with E-state index in [0.717, 1.165) is 17.8 Å². The first-order chi connectivity index (χ1) is 14.9. The summed E-state index contributed by atoms with van der Waals surface area (Å²) in [4.78, 5) is 22.5. The number of amidine groups is 1. The first-order valence-electron chi connectivity index (χ1n) is 8.91. The largest absolute Gasteiger partial charge is 0.496 e. The van der Waals surface area contributed by atoms with Crippen molar-refractivity contribution in [2.75, 3.05) is 7.11 Å². The number of aliphatic carboxylic acids is 1. The lowest BCUT2D eigenvalue weighted by molar-refractivity contribution is -0.138. The van der Waals surface area contributed by atoms with Crippen LogP contribution in [0.1, 0.15) is 17.5 Å². The summed E-state index contributed by atoms with van der Waals surface area (Å²) in [6.45, 7) is 0.119. The Morgan fingerprint density at radius 3 is 2.81 bits per heavy atom. The Morgan fingerprint density at radius 2 is 2.10 bits per heavy atom. The summed E-state index contributed by atoms with van der Waals surface area (Å²) >= 11 is 7.00. The fourth-order valence-electron chi connectivity index (χ4n) is 2.63. The molecule has 1 unspecified atom stereocenters. The summed E-state index contributed by atoms with van der Waals surface area (Å²) in [5.41, 5.74) is 1.38. The highest BCUT2D eigenvalue weighted by atomic mass is 35.5. The molecule has 3 rings (SSSR count). The monoisotopic (exact) mass is 465 g/mol. The summed E-state index contributed by atoms with van der Waals surface area (Å²) < 4.78 is 24.2. The second-order valence-electron chi connectivity index (χ2n) is 6.28. The van der Waals surface area contributed by atoms with Crippen LogP contribution in [-0.4, -0.2) is 40.7 Å². The zero-order valence-electron chi connectivity index (χ0n) is 16.2. The molecule has 0 radical (unpaired) electrons. The predicted molar refractivity (Wildman–Crippen MR) is 116 cm³/mol. The second-order valence-corrected chi connectivity index (χ2v) is 7.88. The number of carboxylic acid groups (broad SMARTS) is 1. The third kappa shape index (κ3) is 6.19. The highest BCUT2D eigenvalue weighted by Crippen LogP contribution is 2.28. The fraction of sp³-hybridized carbons (Fsp3) is 0.200. The van der Waals surface area contributed by atoms with E-state index in [9.17, 15) is 14.0 Å². The maximum Gasteiger partial charge on any atom is 0.305 e. The van der Waals surface area contributed by atoms with Gasteiger partial charge in [0.05, 0.1) is 24.8 Å². The number of carbonyl (C=O) groups is 2. The quantitative estimate of drug-likeness (QED) is 0.456. The van der Waals surface area contributed by atoms with Crippen LogP contribution in [0.5, 0.6) is 11.5 Å². The van der Waals surface area contributed by atoms with Crippen LogP contribution in [-0.2, 0) is 16.2 Å². The second kappa shape index (κ2) is 10.3. The topological polar surface area (TPSA) is 110 Å². The molecule has 11 heteroatoms. The van der Waals surface area contributed by atoms with Gasteiger partial charge in [0.25, 0.3) is 0 Å². The van der Waals surface area contributed by atoms with Crippen LogP contribution in [0.15, 0.2) is 46.6 Å². The van der Waals surface area contributed by atoms with Crippen LogP contribution in [0.3, 0.4) is 0 Å². The van der Waals surface area contributed by atoms with Crippen molar-refractivity contribution in [2.45, 2.75) is 18.3 Å². The number of hydrogen-bond acceptors (Lipinski definition) is 7. The number of nitrogens with one attached hydrogen (secondary N) is 1. The van der Waals surface area contributed by atoms with E-state index in [1.54, 1.807) is 18.2 Å². The van der Waals surface area contributed by atoms with Gasteiger partial charge in [-0.25, -0.2) is 4.39 Å². The van der Waals surface area contributed by atoms with E-state index in [1.165, 1.54) is 25.5 Å². The Bertz CT molecular complexity index is 1060. The van der Waals surface area contributed by atoms with Crippen molar-refractivity contribution < 1.29 is 28.6 Å². The van der Waals surface area contributed by atoms with Crippen molar-refractivity contribution in [1.29, 1.82) is 0 Å². The van der Waals surface area contributed by atoms with Crippen molar-refractivity contribution in [1.82, 2.24) is 5.32 Å². The van der Waals surface area contributed by atoms with Crippen LogP contribution in [0.4, 0.5) is 4.39 Å². The Kier molecular flexibility index (Phi) is 7.48. The molecule has 0 aromatic heterocycles. The minimum absolute atomic E-state index is 0.119. The first-order valence-corrected chi connectivity index (χ1v) is 10.2. The molecule has 2 aromatic rings. The summed E-state index contributed by atoms with van der Waals surface area (Å²) in [5.74, 6) is -1.02. The third-order valence-electron chi connectivity index (χ3n) is 4.07. The third-order valence-corrected chi connectivity index (χ3v) is 5.44. The number of halogens is 2. The SMILES string of the molecule is COc1ccc(C=NN=C2NC(=O)C(CC(=O)O)S2)cc1COc1ccc(F)cc1Cl. The van der Waals surface area contributed by atoms with E-state index in [-0.39, 0.29) is 23.2 Å². The standard InChI is InChI=1S/C20H17ClFN3O5S/c1-29-15-4-2-11(6-12(15)10-30-16-5-3-13(22)7-14(16)21)9-23-25-20-24-19(28)17(31-20)8-18(26)27/h2-7,9,17H,8,10H2,1H3,(H,26,27)(H,24,25,28). The summed E-state index contributed by atoms with van der Waals surface area (Å²) in [6.07, 6.45) is 1.18. The van der Waals surface area contributed by atoms with Gasteiger partial charge in [-0.1, -0.05) is 23.4 Å². The molecule has 1 atom stereocenters. The van der Waals surface area contributed by atoms with Crippen LogP contribution < -0.4 is 14.8 Å². The summed E-state index contributed by atoms with van der Waals surface area (Å²) in [6, 6.07) is 9.11. The van der Waals surface area contributed by atoms with E-state index >= 15 is 0 Å². The zero-order chi connectivity index (χ0) is 22.4. The van der Waals surface area contributed by atoms with Gasteiger partial charge in [0.1, 0.15) is 29.2 Å². The Hall–Kier alpha value is -3.11. The van der Waals surface area contributed by atoms with Gasteiger partial charge in [-0.05, 0) is 42.0 Å². The Morgan fingerprint density at radius 1 is 1.32 bits per heavy atom. The normalized spacial score (nSPS) is 17.2. The number of thioether (sulfide) groups is 1. The average molecular weight is 466 g/mol. The van der Waals surface area contributed by atoms with Crippen molar-refractivity contribution in [3.8, 4) is 11.5 Å². The zero-order valence-corrected chi connectivity index (χ0v) is 17.7. The minimum Gasteiger partial charge on any atom is -0.496 e. The lowest BCUT2D eigenvalue weighted by Crippen LogP contribution is -2.26. The molecule has 1 fully saturated rings. The van der Waals surface area contributed by atoms with Crippen molar-refractivity contribution in [2.24, 2.45) is 10.2 Å². The maximum atomic E-state index is 13.2. The Balaban J connectivity index is 1.68. The molecule has 1 aliphatic rings. The maximum absolute atomic E-state index is 13.2. The van der Waals surface area contributed by atoms with E-state index in [4.69, 9.17) is 26.2 Å². The molecule has 8 nitrogen and oxygen atoms in total. The molecule has 0 bridgehead atoms. The summed E-state index contributed by atoms with van der Waals surface area (Å²) in [5, 5.41) is 18.8. The van der Waals surface area contributed by atoms with E-state index in [1.807, 2.05) is 0 Å². The number of amides is 1. The van der Waals surface area contributed by atoms with Gasteiger partial charge < -0.3 is 19.9 Å².